The molecule has 98 valence electrons. The Hall–Kier alpha value is -1.52. The molecular weight excluding hydrogens is 332 g/mol. The third-order valence-electron chi connectivity index (χ3n) is 2.50. The first kappa shape index (κ1) is 13.9. The van der Waals surface area contributed by atoms with Crippen LogP contribution in [0, 0.1) is 0 Å². The fraction of sp³-hybridized carbons (Fsp3) is 0.0714. The molecule has 0 bridgehead atoms. The predicted octanol–water partition coefficient (Wildman–Crippen LogP) is 4.38. The minimum Gasteiger partial charge on any atom is -0.488 e. The minimum absolute atomic E-state index is 0.0127. The van der Waals surface area contributed by atoms with Gasteiger partial charge in [-0.2, -0.15) is 0 Å². The molecule has 0 aliphatic carbocycles. The molecule has 0 saturated carbocycles. The molecule has 2 rings (SSSR count). The van der Waals surface area contributed by atoms with Crippen molar-refractivity contribution in [2.24, 2.45) is 0 Å². The molecule has 0 fully saturated rings. The summed E-state index contributed by atoms with van der Waals surface area (Å²) in [5.41, 5.74) is 0.931. The van der Waals surface area contributed by atoms with Gasteiger partial charge in [0.05, 0.1) is 5.02 Å². The number of rotatable bonds is 4. The van der Waals surface area contributed by atoms with Gasteiger partial charge in [0.15, 0.2) is 0 Å². The van der Waals surface area contributed by atoms with Crippen molar-refractivity contribution in [2.75, 3.05) is 0 Å². The average molecular weight is 342 g/mol. The number of carbonyl (C=O) groups is 1. The second kappa shape index (κ2) is 6.08. The van der Waals surface area contributed by atoms with Crippen molar-refractivity contribution in [1.29, 1.82) is 0 Å². The Morgan fingerprint density at radius 3 is 2.53 bits per heavy atom. The van der Waals surface area contributed by atoms with E-state index in [9.17, 15) is 4.79 Å². The maximum absolute atomic E-state index is 11.1. The first-order chi connectivity index (χ1) is 9.08. The highest BCUT2D eigenvalue weighted by Gasteiger charge is 2.15. The first-order valence-corrected chi connectivity index (χ1v) is 6.64. The van der Waals surface area contributed by atoms with Gasteiger partial charge in [0.2, 0.25) is 0 Å². The van der Waals surface area contributed by atoms with Crippen LogP contribution >= 0.6 is 27.5 Å². The monoisotopic (exact) mass is 340 g/mol. The summed E-state index contributed by atoms with van der Waals surface area (Å²) in [7, 11) is 0. The van der Waals surface area contributed by atoms with Crippen molar-refractivity contribution >= 4 is 33.5 Å². The highest BCUT2D eigenvalue weighted by molar-refractivity contribution is 9.10. The number of aromatic carboxylic acids is 1. The van der Waals surface area contributed by atoms with Gasteiger partial charge in [-0.3, -0.25) is 0 Å². The molecule has 2 aromatic carbocycles. The Morgan fingerprint density at radius 1 is 1.21 bits per heavy atom. The Kier molecular flexibility index (Phi) is 4.45. The van der Waals surface area contributed by atoms with E-state index in [-0.39, 0.29) is 22.9 Å². The second-order valence-electron chi connectivity index (χ2n) is 3.83. The number of carboxylic acid groups (broad SMARTS) is 1. The molecule has 0 atom stereocenters. The van der Waals surface area contributed by atoms with Gasteiger partial charge in [-0.1, -0.05) is 45.7 Å². The zero-order valence-corrected chi connectivity index (χ0v) is 12.1. The maximum atomic E-state index is 11.1. The summed E-state index contributed by atoms with van der Waals surface area (Å²) in [4.78, 5) is 11.1. The zero-order chi connectivity index (χ0) is 13.8. The summed E-state index contributed by atoms with van der Waals surface area (Å²) in [5, 5.41) is 9.28. The van der Waals surface area contributed by atoms with Gasteiger partial charge < -0.3 is 9.84 Å². The van der Waals surface area contributed by atoms with Crippen LogP contribution in [0.2, 0.25) is 5.02 Å². The minimum atomic E-state index is -1.10. The topological polar surface area (TPSA) is 46.5 Å². The van der Waals surface area contributed by atoms with E-state index in [1.807, 2.05) is 24.3 Å². The molecule has 0 heterocycles. The maximum Gasteiger partial charge on any atom is 0.341 e. The Labute approximate surface area is 123 Å². The molecule has 2 aromatic rings. The van der Waals surface area contributed by atoms with Gasteiger partial charge in [0.25, 0.3) is 0 Å². The van der Waals surface area contributed by atoms with Gasteiger partial charge in [-0.15, -0.1) is 0 Å². The van der Waals surface area contributed by atoms with Crippen LogP contribution in [0.25, 0.3) is 0 Å². The van der Waals surface area contributed by atoms with Crippen molar-refractivity contribution in [3.63, 3.8) is 0 Å². The van der Waals surface area contributed by atoms with Crippen molar-refractivity contribution in [1.82, 2.24) is 0 Å². The summed E-state index contributed by atoms with van der Waals surface area (Å²) in [6.07, 6.45) is 0. The fourth-order valence-corrected chi connectivity index (χ4v) is 2.08. The highest BCUT2D eigenvalue weighted by atomic mass is 79.9. The summed E-state index contributed by atoms with van der Waals surface area (Å²) in [6, 6.07) is 12.4. The van der Waals surface area contributed by atoms with E-state index >= 15 is 0 Å². The number of benzene rings is 2. The molecule has 0 aromatic heterocycles. The molecule has 0 unspecified atom stereocenters. The lowest BCUT2D eigenvalue weighted by Gasteiger charge is -2.10. The Bertz CT molecular complexity index is 596. The van der Waals surface area contributed by atoms with Gasteiger partial charge in [-0.25, -0.2) is 4.79 Å². The number of hydrogen-bond donors (Lipinski definition) is 1. The average Bonchev–Trinajstić information content (AvgIpc) is 2.37. The smallest absolute Gasteiger partial charge is 0.341 e. The van der Waals surface area contributed by atoms with Crippen LogP contribution < -0.4 is 4.74 Å². The summed E-state index contributed by atoms with van der Waals surface area (Å²) < 4.78 is 6.50. The number of carboxylic acids is 1. The lowest BCUT2D eigenvalue weighted by Crippen LogP contribution is -2.04. The molecule has 19 heavy (non-hydrogen) atoms. The molecule has 0 aliphatic heterocycles. The molecule has 1 N–H and O–H groups in total. The molecule has 5 heteroatoms. The van der Waals surface area contributed by atoms with E-state index in [2.05, 4.69) is 15.9 Å². The van der Waals surface area contributed by atoms with Crippen molar-refractivity contribution in [3.05, 3.63) is 63.1 Å². The fourth-order valence-electron chi connectivity index (χ4n) is 1.57. The van der Waals surface area contributed by atoms with Crippen LogP contribution in [0.5, 0.6) is 5.75 Å². The zero-order valence-electron chi connectivity index (χ0n) is 9.77. The van der Waals surface area contributed by atoms with Crippen LogP contribution in [0.4, 0.5) is 0 Å². The molecule has 0 radical (unpaired) electrons. The number of halogens is 2. The first-order valence-electron chi connectivity index (χ1n) is 5.47. The van der Waals surface area contributed by atoms with Crippen LogP contribution in [-0.2, 0) is 6.61 Å². The molecule has 0 saturated heterocycles. The summed E-state index contributed by atoms with van der Waals surface area (Å²) in [5.74, 6) is -0.834. The number of hydrogen-bond acceptors (Lipinski definition) is 2. The highest BCUT2D eigenvalue weighted by Crippen LogP contribution is 2.27. The van der Waals surface area contributed by atoms with E-state index in [0.29, 0.717) is 0 Å². The molecule has 0 spiro atoms. The van der Waals surface area contributed by atoms with Crippen molar-refractivity contribution in [2.45, 2.75) is 6.61 Å². The standard InChI is InChI=1S/C14H10BrClO3/c15-10-6-4-9(5-7-10)8-19-12-3-1-2-11(16)13(12)14(17)18/h1-7H,8H2,(H,17,18). The van der Waals surface area contributed by atoms with Crippen LogP contribution in [0.3, 0.4) is 0 Å². The van der Waals surface area contributed by atoms with Gasteiger partial charge in [0, 0.05) is 4.47 Å². The summed E-state index contributed by atoms with van der Waals surface area (Å²) in [6.45, 7) is 0.286. The van der Waals surface area contributed by atoms with E-state index < -0.39 is 5.97 Å². The Balaban J connectivity index is 2.18. The second-order valence-corrected chi connectivity index (χ2v) is 5.16. The van der Waals surface area contributed by atoms with Gasteiger partial charge in [-0.05, 0) is 29.8 Å². The van der Waals surface area contributed by atoms with Gasteiger partial charge in [0.1, 0.15) is 17.9 Å². The van der Waals surface area contributed by atoms with E-state index in [1.165, 1.54) is 6.07 Å². The van der Waals surface area contributed by atoms with Crippen molar-refractivity contribution < 1.29 is 14.6 Å². The molecule has 3 nitrogen and oxygen atoms in total. The Morgan fingerprint density at radius 2 is 1.89 bits per heavy atom. The largest absolute Gasteiger partial charge is 0.488 e. The predicted molar refractivity (Wildman–Crippen MR) is 76.9 cm³/mol. The lowest BCUT2D eigenvalue weighted by atomic mass is 10.2. The van der Waals surface area contributed by atoms with Crippen LogP contribution in [0.1, 0.15) is 15.9 Å². The third kappa shape index (κ3) is 3.49. The normalized spacial score (nSPS) is 10.2. The van der Waals surface area contributed by atoms with E-state index in [1.54, 1.807) is 12.1 Å². The van der Waals surface area contributed by atoms with Gasteiger partial charge >= 0.3 is 5.97 Å². The quantitative estimate of drug-likeness (QED) is 0.897. The van der Waals surface area contributed by atoms with Crippen molar-refractivity contribution in [3.8, 4) is 5.75 Å². The third-order valence-corrected chi connectivity index (χ3v) is 3.34. The SMILES string of the molecule is O=C(O)c1c(Cl)cccc1OCc1ccc(Br)cc1. The lowest BCUT2D eigenvalue weighted by molar-refractivity contribution is 0.0692. The molecule has 0 aliphatic rings. The molecular formula is C14H10BrClO3. The van der Waals surface area contributed by atoms with Crippen LogP contribution in [-0.4, -0.2) is 11.1 Å². The summed E-state index contributed by atoms with van der Waals surface area (Å²) >= 11 is 9.21. The van der Waals surface area contributed by atoms with Crippen LogP contribution in [0.15, 0.2) is 46.9 Å². The number of ether oxygens (including phenoxy) is 1. The van der Waals surface area contributed by atoms with E-state index in [0.717, 1.165) is 10.0 Å². The van der Waals surface area contributed by atoms with E-state index in [4.69, 9.17) is 21.4 Å². The molecule has 0 amide bonds.